The summed E-state index contributed by atoms with van der Waals surface area (Å²) in [6.45, 7) is 4.23. The molecule has 0 saturated heterocycles. The van der Waals surface area contributed by atoms with Gasteiger partial charge in [0.15, 0.2) is 0 Å². The number of rotatable bonds is 4. The Balaban J connectivity index is 2.36. The van der Waals surface area contributed by atoms with Crippen LogP contribution < -0.4 is 4.74 Å². The van der Waals surface area contributed by atoms with Gasteiger partial charge < -0.3 is 9.84 Å². The van der Waals surface area contributed by atoms with E-state index < -0.39 is 0 Å². The molecule has 1 N–H and O–H groups in total. The molecule has 0 unspecified atom stereocenters. The lowest BCUT2D eigenvalue weighted by Gasteiger charge is -2.23. The van der Waals surface area contributed by atoms with Gasteiger partial charge in [-0.25, -0.2) is 0 Å². The second-order valence-electron chi connectivity index (χ2n) is 5.27. The Kier molecular flexibility index (Phi) is 2.94. The van der Waals surface area contributed by atoms with Crippen LogP contribution in [-0.4, -0.2) is 18.8 Å². The zero-order valence-corrected chi connectivity index (χ0v) is 10.3. The van der Waals surface area contributed by atoms with E-state index in [1.54, 1.807) is 7.11 Å². The third-order valence-electron chi connectivity index (χ3n) is 3.43. The molecule has 16 heavy (non-hydrogen) atoms. The van der Waals surface area contributed by atoms with E-state index in [0.717, 1.165) is 11.3 Å². The van der Waals surface area contributed by atoms with Gasteiger partial charge >= 0.3 is 0 Å². The first kappa shape index (κ1) is 11.5. The maximum Gasteiger partial charge on any atom is 0.122 e. The fraction of sp³-hybridized carbons (Fsp3) is 0.571. The molecule has 2 rings (SSSR count). The first-order valence-corrected chi connectivity index (χ1v) is 5.88. The summed E-state index contributed by atoms with van der Waals surface area (Å²) in [4.78, 5) is 0. The van der Waals surface area contributed by atoms with Gasteiger partial charge in [-0.15, -0.1) is 0 Å². The molecule has 0 radical (unpaired) electrons. The van der Waals surface area contributed by atoms with Crippen LogP contribution in [0.1, 0.15) is 43.7 Å². The molecule has 1 fully saturated rings. The summed E-state index contributed by atoms with van der Waals surface area (Å²) in [5, 5.41) is 9.36. The Hall–Kier alpha value is -1.02. The average molecular weight is 220 g/mol. The Labute approximate surface area is 97.3 Å². The average Bonchev–Trinajstić information content (AvgIpc) is 3.12. The minimum Gasteiger partial charge on any atom is -0.496 e. The highest BCUT2D eigenvalue weighted by molar-refractivity contribution is 5.43. The zero-order chi connectivity index (χ0) is 11.8. The van der Waals surface area contributed by atoms with E-state index in [1.165, 1.54) is 18.4 Å². The highest BCUT2D eigenvalue weighted by Gasteiger charge is 2.28. The molecular weight excluding hydrogens is 200 g/mol. The summed E-state index contributed by atoms with van der Waals surface area (Å²) in [5.41, 5.74) is 2.26. The van der Waals surface area contributed by atoms with Crippen molar-refractivity contribution in [2.45, 2.75) is 38.0 Å². The van der Waals surface area contributed by atoms with Crippen molar-refractivity contribution < 1.29 is 9.84 Å². The van der Waals surface area contributed by atoms with Crippen LogP contribution in [-0.2, 0) is 5.41 Å². The Bertz CT molecular complexity index is 378. The van der Waals surface area contributed by atoms with Gasteiger partial charge in [0.05, 0.1) is 13.7 Å². The van der Waals surface area contributed by atoms with E-state index in [1.807, 2.05) is 13.8 Å². The molecule has 1 aliphatic rings. The van der Waals surface area contributed by atoms with E-state index in [-0.39, 0.29) is 12.0 Å². The molecule has 0 spiro atoms. The van der Waals surface area contributed by atoms with Crippen LogP contribution in [0.15, 0.2) is 18.2 Å². The highest BCUT2D eigenvalue weighted by atomic mass is 16.5. The monoisotopic (exact) mass is 220 g/mol. The van der Waals surface area contributed by atoms with Crippen LogP contribution >= 0.6 is 0 Å². The van der Waals surface area contributed by atoms with Crippen LogP contribution in [0, 0.1) is 0 Å². The van der Waals surface area contributed by atoms with Crippen molar-refractivity contribution in [3.8, 4) is 5.75 Å². The lowest BCUT2D eigenvalue weighted by Crippen LogP contribution is -2.22. The number of ether oxygens (including phenoxy) is 1. The van der Waals surface area contributed by atoms with Gasteiger partial charge in [-0.2, -0.15) is 0 Å². The van der Waals surface area contributed by atoms with Gasteiger partial charge in [-0.1, -0.05) is 26.0 Å². The lowest BCUT2D eigenvalue weighted by atomic mass is 9.84. The number of hydrogen-bond donors (Lipinski definition) is 1. The van der Waals surface area contributed by atoms with E-state index >= 15 is 0 Å². The zero-order valence-electron chi connectivity index (χ0n) is 10.3. The van der Waals surface area contributed by atoms with Gasteiger partial charge in [0, 0.05) is 5.41 Å². The molecule has 1 saturated carbocycles. The van der Waals surface area contributed by atoms with Gasteiger partial charge in [0.25, 0.3) is 0 Å². The quantitative estimate of drug-likeness (QED) is 0.845. The summed E-state index contributed by atoms with van der Waals surface area (Å²) in [6.07, 6.45) is 2.55. The maximum absolute atomic E-state index is 9.36. The van der Waals surface area contributed by atoms with Crippen LogP contribution in [0.25, 0.3) is 0 Å². The number of hydrogen-bond acceptors (Lipinski definition) is 2. The summed E-state index contributed by atoms with van der Waals surface area (Å²) < 4.78 is 5.45. The third kappa shape index (κ3) is 2.07. The molecule has 0 amide bonds. The normalized spacial score (nSPS) is 16.2. The fourth-order valence-corrected chi connectivity index (χ4v) is 1.96. The molecule has 1 aromatic carbocycles. The molecule has 0 aliphatic heterocycles. The lowest BCUT2D eigenvalue weighted by molar-refractivity contribution is 0.218. The van der Waals surface area contributed by atoms with E-state index in [0.29, 0.717) is 5.92 Å². The first-order valence-electron chi connectivity index (χ1n) is 5.88. The second-order valence-corrected chi connectivity index (χ2v) is 5.27. The molecule has 0 aromatic heterocycles. The molecule has 0 heterocycles. The summed E-state index contributed by atoms with van der Waals surface area (Å²) in [5.74, 6) is 1.67. The van der Waals surface area contributed by atoms with Gasteiger partial charge in [-0.05, 0) is 36.0 Å². The van der Waals surface area contributed by atoms with Crippen LogP contribution in [0.3, 0.4) is 0 Å². The van der Waals surface area contributed by atoms with Crippen molar-refractivity contribution in [2.24, 2.45) is 0 Å². The standard InChI is InChI=1S/C14H20O2/c1-14(2,9-15)11-6-7-12(10-4-5-10)13(8-11)16-3/h6-8,10,15H,4-5,9H2,1-3H3. The predicted molar refractivity (Wildman–Crippen MR) is 65.1 cm³/mol. The number of methoxy groups -OCH3 is 1. The fourth-order valence-electron chi connectivity index (χ4n) is 1.96. The van der Waals surface area contributed by atoms with Gasteiger partial charge in [0.2, 0.25) is 0 Å². The van der Waals surface area contributed by atoms with E-state index in [4.69, 9.17) is 4.74 Å². The molecule has 0 bridgehead atoms. The Morgan fingerprint density at radius 2 is 2.06 bits per heavy atom. The highest BCUT2D eigenvalue weighted by Crippen LogP contribution is 2.45. The minimum absolute atomic E-state index is 0.152. The molecule has 0 atom stereocenters. The van der Waals surface area contributed by atoms with Gasteiger partial charge in [-0.3, -0.25) is 0 Å². The topological polar surface area (TPSA) is 29.5 Å². The van der Waals surface area contributed by atoms with Crippen LogP contribution in [0.2, 0.25) is 0 Å². The van der Waals surface area contributed by atoms with E-state index in [2.05, 4.69) is 18.2 Å². The number of aliphatic hydroxyl groups is 1. The number of benzene rings is 1. The van der Waals surface area contributed by atoms with Crippen molar-refractivity contribution in [3.63, 3.8) is 0 Å². The van der Waals surface area contributed by atoms with Crippen molar-refractivity contribution in [2.75, 3.05) is 13.7 Å². The SMILES string of the molecule is COc1cc(C(C)(C)CO)ccc1C1CC1. The third-order valence-corrected chi connectivity index (χ3v) is 3.43. The first-order chi connectivity index (χ1) is 7.58. The molecular formula is C14H20O2. The Morgan fingerprint density at radius 1 is 1.38 bits per heavy atom. The Morgan fingerprint density at radius 3 is 2.56 bits per heavy atom. The molecule has 1 aliphatic carbocycles. The second kappa shape index (κ2) is 4.10. The summed E-state index contributed by atoms with van der Waals surface area (Å²) >= 11 is 0. The molecule has 2 heteroatoms. The van der Waals surface area contributed by atoms with Gasteiger partial charge in [0.1, 0.15) is 5.75 Å². The molecule has 1 aromatic rings. The molecule has 2 nitrogen and oxygen atoms in total. The van der Waals surface area contributed by atoms with Crippen molar-refractivity contribution in [1.29, 1.82) is 0 Å². The smallest absolute Gasteiger partial charge is 0.122 e. The largest absolute Gasteiger partial charge is 0.496 e. The van der Waals surface area contributed by atoms with Crippen LogP contribution in [0.5, 0.6) is 5.75 Å². The predicted octanol–water partition coefficient (Wildman–Crippen LogP) is 2.84. The maximum atomic E-state index is 9.36. The van der Waals surface area contributed by atoms with Crippen molar-refractivity contribution in [3.05, 3.63) is 29.3 Å². The number of aliphatic hydroxyl groups excluding tert-OH is 1. The van der Waals surface area contributed by atoms with Crippen molar-refractivity contribution >= 4 is 0 Å². The van der Waals surface area contributed by atoms with Crippen molar-refractivity contribution in [1.82, 2.24) is 0 Å². The summed E-state index contributed by atoms with van der Waals surface area (Å²) in [7, 11) is 1.72. The minimum atomic E-state index is -0.199. The molecule has 88 valence electrons. The summed E-state index contributed by atoms with van der Waals surface area (Å²) in [6, 6.07) is 6.35. The van der Waals surface area contributed by atoms with E-state index in [9.17, 15) is 5.11 Å². The van der Waals surface area contributed by atoms with Crippen LogP contribution in [0.4, 0.5) is 0 Å².